The number of nitrogens with zero attached hydrogens (tertiary/aromatic N) is 2. The molecule has 0 aliphatic heterocycles. The molecule has 0 aliphatic rings. The summed E-state index contributed by atoms with van der Waals surface area (Å²) in [4.78, 5) is 24.1. The summed E-state index contributed by atoms with van der Waals surface area (Å²) in [6, 6.07) is 3.95. The van der Waals surface area contributed by atoms with E-state index in [0.29, 0.717) is 12.1 Å². The lowest BCUT2D eigenvalue weighted by atomic mass is 10.2. The van der Waals surface area contributed by atoms with Crippen LogP contribution in [0, 0.1) is 10.1 Å². The number of carbonyl (C=O) groups is 1. The molecule has 20 heavy (non-hydrogen) atoms. The second-order valence-corrected chi connectivity index (χ2v) is 4.61. The minimum atomic E-state index is -0.579. The Morgan fingerprint density at radius 3 is 2.55 bits per heavy atom. The van der Waals surface area contributed by atoms with Gasteiger partial charge in [0.1, 0.15) is 5.02 Å². The van der Waals surface area contributed by atoms with Gasteiger partial charge in [-0.1, -0.05) is 25.4 Å². The maximum atomic E-state index is 11.9. The van der Waals surface area contributed by atoms with Crippen LogP contribution in [-0.4, -0.2) is 41.9 Å². The highest BCUT2D eigenvalue weighted by atomic mass is 35.5. The number of likely N-dealkylation sites (N-methyl/N-ethyl adjacent to an activating group) is 1. The van der Waals surface area contributed by atoms with Gasteiger partial charge in [-0.05, 0) is 25.2 Å². The monoisotopic (exact) mass is 299 g/mol. The van der Waals surface area contributed by atoms with E-state index >= 15 is 0 Å². The molecule has 0 atom stereocenters. The SMILES string of the molecule is CCN(CC)CCNC(=O)c1ccc([N+](=O)[O-])c(Cl)c1. The van der Waals surface area contributed by atoms with Gasteiger partial charge < -0.3 is 10.2 Å². The second-order valence-electron chi connectivity index (χ2n) is 4.21. The zero-order chi connectivity index (χ0) is 15.1. The number of hydrogen-bond donors (Lipinski definition) is 1. The standard InChI is InChI=1S/C13H18ClN3O3/c1-3-16(4-2)8-7-15-13(18)10-5-6-12(17(19)20)11(14)9-10/h5-6,9H,3-4,7-8H2,1-2H3,(H,15,18). The van der Waals surface area contributed by atoms with Crippen molar-refractivity contribution < 1.29 is 9.72 Å². The molecular weight excluding hydrogens is 282 g/mol. The Labute approximate surface area is 122 Å². The van der Waals surface area contributed by atoms with Crippen molar-refractivity contribution >= 4 is 23.2 Å². The second kappa shape index (κ2) is 7.81. The Kier molecular flexibility index (Phi) is 6.41. The zero-order valence-corrected chi connectivity index (χ0v) is 12.3. The first-order valence-electron chi connectivity index (χ1n) is 6.44. The normalized spacial score (nSPS) is 10.6. The van der Waals surface area contributed by atoms with Gasteiger partial charge in [0, 0.05) is 24.7 Å². The summed E-state index contributed by atoms with van der Waals surface area (Å²) in [6.45, 7) is 7.25. The van der Waals surface area contributed by atoms with Gasteiger partial charge in [0.2, 0.25) is 0 Å². The van der Waals surface area contributed by atoms with Crippen LogP contribution in [0.15, 0.2) is 18.2 Å². The minimum Gasteiger partial charge on any atom is -0.351 e. The fourth-order valence-electron chi connectivity index (χ4n) is 1.77. The number of nitro benzene ring substituents is 1. The highest BCUT2D eigenvalue weighted by Gasteiger charge is 2.15. The minimum absolute atomic E-state index is 0.0357. The molecule has 1 aromatic rings. The van der Waals surface area contributed by atoms with Crippen molar-refractivity contribution in [2.75, 3.05) is 26.2 Å². The third-order valence-corrected chi connectivity index (χ3v) is 3.32. The number of carbonyl (C=O) groups excluding carboxylic acids is 1. The first-order chi connectivity index (χ1) is 9.49. The average molecular weight is 300 g/mol. The number of halogens is 1. The van der Waals surface area contributed by atoms with Gasteiger partial charge in [-0.2, -0.15) is 0 Å². The molecule has 0 heterocycles. The highest BCUT2D eigenvalue weighted by Crippen LogP contribution is 2.24. The number of amides is 1. The molecule has 1 aromatic carbocycles. The van der Waals surface area contributed by atoms with Gasteiger partial charge >= 0.3 is 0 Å². The van der Waals surface area contributed by atoms with Crippen LogP contribution in [0.25, 0.3) is 0 Å². The third-order valence-electron chi connectivity index (χ3n) is 3.01. The van der Waals surface area contributed by atoms with Crippen molar-refractivity contribution in [3.05, 3.63) is 38.9 Å². The number of nitrogens with one attached hydrogen (secondary N) is 1. The van der Waals surface area contributed by atoms with E-state index in [1.807, 2.05) is 0 Å². The molecular formula is C13H18ClN3O3. The van der Waals surface area contributed by atoms with Crippen LogP contribution in [0.3, 0.4) is 0 Å². The summed E-state index contributed by atoms with van der Waals surface area (Å²) >= 11 is 5.77. The Morgan fingerprint density at radius 1 is 1.40 bits per heavy atom. The van der Waals surface area contributed by atoms with E-state index in [-0.39, 0.29) is 16.6 Å². The van der Waals surface area contributed by atoms with Crippen LogP contribution < -0.4 is 5.32 Å². The van der Waals surface area contributed by atoms with E-state index in [4.69, 9.17) is 11.6 Å². The highest BCUT2D eigenvalue weighted by molar-refractivity contribution is 6.33. The summed E-state index contributed by atoms with van der Waals surface area (Å²) in [7, 11) is 0. The molecule has 1 amide bonds. The van der Waals surface area contributed by atoms with Crippen LogP contribution in [0.1, 0.15) is 24.2 Å². The topological polar surface area (TPSA) is 75.5 Å². The van der Waals surface area contributed by atoms with E-state index in [9.17, 15) is 14.9 Å². The zero-order valence-electron chi connectivity index (χ0n) is 11.6. The maximum Gasteiger partial charge on any atom is 0.287 e. The van der Waals surface area contributed by atoms with E-state index in [1.54, 1.807) is 0 Å². The van der Waals surface area contributed by atoms with Crippen LogP contribution in [0.2, 0.25) is 5.02 Å². The van der Waals surface area contributed by atoms with Gasteiger partial charge in [-0.25, -0.2) is 0 Å². The molecule has 1 rings (SSSR count). The number of rotatable bonds is 7. The summed E-state index contributed by atoms with van der Waals surface area (Å²) in [5.41, 5.74) is 0.117. The van der Waals surface area contributed by atoms with Crippen molar-refractivity contribution in [1.82, 2.24) is 10.2 Å². The molecule has 0 bridgehead atoms. The summed E-state index contributed by atoms with van der Waals surface area (Å²) < 4.78 is 0. The molecule has 0 fully saturated rings. The van der Waals surface area contributed by atoms with E-state index in [0.717, 1.165) is 19.6 Å². The summed E-state index contributed by atoms with van der Waals surface area (Å²) in [5, 5.41) is 13.4. The fourth-order valence-corrected chi connectivity index (χ4v) is 2.02. The lowest BCUT2D eigenvalue weighted by Crippen LogP contribution is -2.34. The van der Waals surface area contributed by atoms with Gasteiger partial charge in [-0.3, -0.25) is 14.9 Å². The molecule has 0 spiro atoms. The van der Waals surface area contributed by atoms with Gasteiger partial charge in [-0.15, -0.1) is 0 Å². The molecule has 0 unspecified atom stereocenters. The Bertz CT molecular complexity index is 490. The number of hydrogen-bond acceptors (Lipinski definition) is 4. The van der Waals surface area contributed by atoms with Crippen LogP contribution in [-0.2, 0) is 0 Å². The van der Waals surface area contributed by atoms with Gasteiger partial charge in [0.05, 0.1) is 4.92 Å². The van der Waals surface area contributed by atoms with Crippen LogP contribution in [0.5, 0.6) is 0 Å². The lowest BCUT2D eigenvalue weighted by Gasteiger charge is -2.17. The molecule has 6 nitrogen and oxygen atoms in total. The van der Waals surface area contributed by atoms with Crippen molar-refractivity contribution in [2.45, 2.75) is 13.8 Å². The molecule has 0 saturated carbocycles. The molecule has 0 radical (unpaired) electrons. The van der Waals surface area contributed by atoms with Crippen molar-refractivity contribution in [3.63, 3.8) is 0 Å². The van der Waals surface area contributed by atoms with Gasteiger partial charge in [0.15, 0.2) is 0 Å². The first-order valence-corrected chi connectivity index (χ1v) is 6.81. The van der Waals surface area contributed by atoms with Crippen LogP contribution >= 0.6 is 11.6 Å². The quantitative estimate of drug-likeness (QED) is 0.619. The van der Waals surface area contributed by atoms with Crippen LogP contribution in [0.4, 0.5) is 5.69 Å². The van der Waals surface area contributed by atoms with Gasteiger partial charge in [0.25, 0.3) is 11.6 Å². The Morgan fingerprint density at radius 2 is 2.05 bits per heavy atom. The largest absolute Gasteiger partial charge is 0.351 e. The van der Waals surface area contributed by atoms with Crippen molar-refractivity contribution in [3.8, 4) is 0 Å². The van der Waals surface area contributed by atoms with Crippen molar-refractivity contribution in [1.29, 1.82) is 0 Å². The average Bonchev–Trinajstić information content (AvgIpc) is 2.42. The van der Waals surface area contributed by atoms with E-state index in [2.05, 4.69) is 24.1 Å². The predicted molar refractivity (Wildman–Crippen MR) is 78.2 cm³/mol. The molecule has 110 valence electrons. The summed E-state index contributed by atoms with van der Waals surface area (Å²) in [5.74, 6) is -0.283. The summed E-state index contributed by atoms with van der Waals surface area (Å²) in [6.07, 6.45) is 0. The predicted octanol–water partition coefficient (Wildman–Crippen LogP) is 2.32. The Balaban J connectivity index is 2.60. The third kappa shape index (κ3) is 4.47. The van der Waals surface area contributed by atoms with E-state index < -0.39 is 4.92 Å². The maximum absolute atomic E-state index is 11.9. The smallest absolute Gasteiger partial charge is 0.287 e. The first kappa shape index (κ1) is 16.4. The van der Waals surface area contributed by atoms with Crippen molar-refractivity contribution in [2.24, 2.45) is 0 Å². The molecule has 0 aliphatic carbocycles. The fraction of sp³-hybridized carbons (Fsp3) is 0.462. The lowest BCUT2D eigenvalue weighted by molar-refractivity contribution is -0.384. The number of nitro groups is 1. The molecule has 7 heteroatoms. The Hall–Kier alpha value is -1.66. The number of benzene rings is 1. The van der Waals surface area contributed by atoms with E-state index in [1.165, 1.54) is 18.2 Å². The molecule has 0 aromatic heterocycles. The molecule has 1 N–H and O–H groups in total. The molecule has 0 saturated heterocycles.